The fraction of sp³-hybridized carbons (Fsp3) is 0.650. The van der Waals surface area contributed by atoms with Crippen molar-refractivity contribution >= 4 is 29.9 Å². The van der Waals surface area contributed by atoms with Crippen LogP contribution < -0.4 is 20.1 Å². The van der Waals surface area contributed by atoms with E-state index in [2.05, 4.69) is 17.6 Å². The van der Waals surface area contributed by atoms with Gasteiger partial charge in [-0.2, -0.15) is 0 Å². The molecule has 1 aliphatic carbocycles. The summed E-state index contributed by atoms with van der Waals surface area (Å²) in [5.74, 6) is 2.42. The van der Waals surface area contributed by atoms with Crippen LogP contribution in [-0.2, 0) is 6.54 Å². The molecule has 152 valence electrons. The predicted molar refractivity (Wildman–Crippen MR) is 118 cm³/mol. The van der Waals surface area contributed by atoms with Crippen molar-refractivity contribution in [3.05, 3.63) is 23.8 Å². The first-order valence-corrected chi connectivity index (χ1v) is 9.76. The van der Waals surface area contributed by atoms with Crippen molar-refractivity contribution in [1.82, 2.24) is 10.6 Å². The minimum atomic E-state index is 0. The number of nitrogens with one attached hydrogen (secondary N) is 2. The number of aliphatic hydroxyl groups is 1. The lowest BCUT2D eigenvalue weighted by atomic mass is 9.72. The number of hydrogen-bond donors (Lipinski definition) is 3. The summed E-state index contributed by atoms with van der Waals surface area (Å²) in [6.07, 6.45) is 7.05. The first-order valence-electron chi connectivity index (χ1n) is 9.76. The molecule has 1 fully saturated rings. The van der Waals surface area contributed by atoms with Gasteiger partial charge in [0.05, 0.1) is 6.54 Å². The van der Waals surface area contributed by atoms with Gasteiger partial charge >= 0.3 is 0 Å². The quantitative estimate of drug-likeness (QED) is 0.311. The largest absolute Gasteiger partial charge is 0.454 e. The highest BCUT2D eigenvalue weighted by atomic mass is 127. The molecule has 0 unspecified atom stereocenters. The smallest absolute Gasteiger partial charge is 0.231 e. The molecular formula is C20H32IN3O3. The van der Waals surface area contributed by atoms with Crippen molar-refractivity contribution in [3.8, 4) is 11.5 Å². The molecule has 0 amide bonds. The van der Waals surface area contributed by atoms with Crippen molar-refractivity contribution in [3.63, 3.8) is 0 Å². The van der Waals surface area contributed by atoms with Crippen LogP contribution >= 0.6 is 24.0 Å². The van der Waals surface area contributed by atoms with E-state index in [-0.39, 0.29) is 36.0 Å². The van der Waals surface area contributed by atoms with Crippen LogP contribution in [0.15, 0.2) is 23.2 Å². The second kappa shape index (κ2) is 10.9. The van der Waals surface area contributed by atoms with Gasteiger partial charge in [0.1, 0.15) is 0 Å². The SMILES string of the molecule is CCNC(=NCc1ccc2c(c1)OCO2)NCC1(CCO)CCCCC1.I. The number of ether oxygens (including phenoxy) is 2. The van der Waals surface area contributed by atoms with E-state index in [1.165, 1.54) is 32.1 Å². The Morgan fingerprint density at radius 1 is 1.15 bits per heavy atom. The summed E-state index contributed by atoms with van der Waals surface area (Å²) in [7, 11) is 0. The molecule has 3 rings (SSSR count). The molecule has 1 aliphatic heterocycles. The zero-order valence-corrected chi connectivity index (χ0v) is 18.5. The Morgan fingerprint density at radius 3 is 2.67 bits per heavy atom. The zero-order chi connectivity index (χ0) is 18.2. The number of hydrogen-bond acceptors (Lipinski definition) is 4. The molecule has 1 aromatic carbocycles. The Hall–Kier alpha value is -1.22. The maximum atomic E-state index is 9.49. The van der Waals surface area contributed by atoms with Gasteiger partial charge in [0.25, 0.3) is 0 Å². The van der Waals surface area contributed by atoms with E-state index >= 15 is 0 Å². The average molecular weight is 489 g/mol. The Balaban J connectivity index is 0.00000261. The van der Waals surface area contributed by atoms with Gasteiger partial charge in [-0.25, -0.2) is 4.99 Å². The van der Waals surface area contributed by atoms with Gasteiger partial charge in [0, 0.05) is 19.7 Å². The zero-order valence-electron chi connectivity index (χ0n) is 16.1. The predicted octanol–water partition coefficient (Wildman–Crippen LogP) is 3.42. The fourth-order valence-corrected chi connectivity index (χ4v) is 3.88. The van der Waals surface area contributed by atoms with E-state index in [0.717, 1.165) is 42.5 Å². The molecular weight excluding hydrogens is 457 g/mol. The molecule has 7 heteroatoms. The number of rotatable bonds is 7. The van der Waals surface area contributed by atoms with E-state index in [9.17, 15) is 5.11 Å². The summed E-state index contributed by atoms with van der Waals surface area (Å²) in [5, 5.41) is 16.3. The van der Waals surface area contributed by atoms with Crippen molar-refractivity contribution in [1.29, 1.82) is 0 Å². The highest BCUT2D eigenvalue weighted by Gasteiger charge is 2.31. The van der Waals surface area contributed by atoms with Crippen LogP contribution in [-0.4, -0.2) is 37.6 Å². The van der Waals surface area contributed by atoms with Crippen LogP contribution in [0.5, 0.6) is 11.5 Å². The molecule has 1 aromatic rings. The summed E-state index contributed by atoms with van der Waals surface area (Å²) in [5.41, 5.74) is 1.29. The third kappa shape index (κ3) is 6.14. The number of fused-ring (bicyclic) bond motifs is 1. The van der Waals surface area contributed by atoms with Gasteiger partial charge in [-0.05, 0) is 49.3 Å². The topological polar surface area (TPSA) is 75.1 Å². The molecule has 1 heterocycles. The summed E-state index contributed by atoms with van der Waals surface area (Å²) < 4.78 is 10.8. The Kier molecular flexibility index (Phi) is 8.95. The lowest BCUT2D eigenvalue weighted by molar-refractivity contribution is 0.131. The third-order valence-electron chi connectivity index (χ3n) is 5.39. The summed E-state index contributed by atoms with van der Waals surface area (Å²) in [6.45, 7) is 4.88. The summed E-state index contributed by atoms with van der Waals surface area (Å²) in [4.78, 5) is 4.72. The number of aliphatic imine (C=N–C) groups is 1. The number of benzene rings is 1. The van der Waals surface area contributed by atoms with Gasteiger partial charge in [-0.3, -0.25) is 0 Å². The van der Waals surface area contributed by atoms with E-state index in [1.54, 1.807) is 0 Å². The lowest BCUT2D eigenvalue weighted by Crippen LogP contribution is -2.44. The van der Waals surface area contributed by atoms with Crippen molar-refractivity contribution in [2.45, 2.75) is 52.0 Å². The van der Waals surface area contributed by atoms with Crippen molar-refractivity contribution < 1.29 is 14.6 Å². The summed E-state index contributed by atoms with van der Waals surface area (Å²) >= 11 is 0. The molecule has 0 atom stereocenters. The number of halogens is 1. The highest BCUT2D eigenvalue weighted by Crippen LogP contribution is 2.38. The van der Waals surface area contributed by atoms with Gasteiger partial charge in [-0.1, -0.05) is 25.3 Å². The minimum Gasteiger partial charge on any atom is -0.454 e. The number of aliphatic hydroxyl groups excluding tert-OH is 1. The monoisotopic (exact) mass is 489 g/mol. The molecule has 0 aromatic heterocycles. The summed E-state index contributed by atoms with van der Waals surface area (Å²) in [6, 6.07) is 5.95. The van der Waals surface area contributed by atoms with E-state index in [1.807, 2.05) is 18.2 Å². The first-order chi connectivity index (χ1) is 12.7. The highest BCUT2D eigenvalue weighted by molar-refractivity contribution is 14.0. The maximum Gasteiger partial charge on any atom is 0.231 e. The average Bonchev–Trinajstić information content (AvgIpc) is 3.13. The molecule has 0 radical (unpaired) electrons. The normalized spacial score (nSPS) is 17.9. The van der Waals surface area contributed by atoms with Gasteiger partial charge in [0.2, 0.25) is 6.79 Å². The second-order valence-electron chi connectivity index (χ2n) is 7.27. The van der Waals surface area contributed by atoms with E-state index in [4.69, 9.17) is 14.5 Å². The molecule has 0 bridgehead atoms. The van der Waals surface area contributed by atoms with Crippen LogP contribution in [0.4, 0.5) is 0 Å². The standard InChI is InChI=1S/C20H31N3O3.HI/c1-2-21-19(23-14-20(10-11-24)8-4-3-5-9-20)22-13-16-6-7-17-18(12-16)26-15-25-17;/h6-7,12,24H,2-5,8-11,13-15H2,1H3,(H2,21,22,23);1H. The third-order valence-corrected chi connectivity index (χ3v) is 5.39. The maximum absolute atomic E-state index is 9.49. The number of nitrogens with zero attached hydrogens (tertiary/aromatic N) is 1. The van der Waals surface area contributed by atoms with Crippen LogP contribution in [0.2, 0.25) is 0 Å². The number of guanidine groups is 1. The lowest BCUT2D eigenvalue weighted by Gasteiger charge is -2.37. The molecule has 0 saturated heterocycles. The molecule has 27 heavy (non-hydrogen) atoms. The second-order valence-corrected chi connectivity index (χ2v) is 7.27. The molecule has 2 aliphatic rings. The van der Waals surface area contributed by atoms with Gasteiger partial charge < -0.3 is 25.2 Å². The Morgan fingerprint density at radius 2 is 1.93 bits per heavy atom. The van der Waals surface area contributed by atoms with E-state index < -0.39 is 0 Å². The van der Waals surface area contributed by atoms with Crippen LogP contribution in [0.25, 0.3) is 0 Å². The molecule has 0 spiro atoms. The fourth-order valence-electron chi connectivity index (χ4n) is 3.88. The van der Waals surface area contributed by atoms with Gasteiger partial charge in [0.15, 0.2) is 17.5 Å². The van der Waals surface area contributed by atoms with Crippen molar-refractivity contribution in [2.24, 2.45) is 10.4 Å². The molecule has 1 saturated carbocycles. The Labute approximate surface area is 179 Å². The van der Waals surface area contributed by atoms with Crippen molar-refractivity contribution in [2.75, 3.05) is 26.5 Å². The first kappa shape index (κ1) is 22.1. The Bertz CT molecular complexity index is 613. The molecule has 6 nitrogen and oxygen atoms in total. The minimum absolute atomic E-state index is 0. The van der Waals surface area contributed by atoms with E-state index in [0.29, 0.717) is 13.3 Å². The van der Waals surface area contributed by atoms with Crippen LogP contribution in [0, 0.1) is 5.41 Å². The van der Waals surface area contributed by atoms with Gasteiger partial charge in [-0.15, -0.1) is 24.0 Å². The van der Waals surface area contributed by atoms with Crippen LogP contribution in [0.3, 0.4) is 0 Å². The van der Waals surface area contributed by atoms with Crippen LogP contribution in [0.1, 0.15) is 51.0 Å². The molecule has 3 N–H and O–H groups in total.